The standard InChI is InChI=1S/C16H22N2O3/c1-3-20-11-12-21-16(19)13-18(10-9-17(2)14-18)15-7-5-4-6-8-15/h4-10,14H,3,11-13H2,1-2H3/q+2/t18-/m0/s1. The van der Waals surface area contributed by atoms with Gasteiger partial charge in [0.2, 0.25) is 6.20 Å². The molecule has 0 aromatic heterocycles. The minimum Gasteiger partial charge on any atom is -0.459 e. The second-order valence-electron chi connectivity index (χ2n) is 4.92. The molecule has 5 nitrogen and oxygen atoms in total. The highest BCUT2D eigenvalue weighted by Crippen LogP contribution is 2.24. The van der Waals surface area contributed by atoms with Gasteiger partial charge in [-0.05, 0) is 6.92 Å². The highest BCUT2D eigenvalue weighted by Gasteiger charge is 2.38. The van der Waals surface area contributed by atoms with Crippen LogP contribution < -0.4 is 4.48 Å². The number of esters is 1. The molecule has 0 saturated heterocycles. The van der Waals surface area contributed by atoms with E-state index < -0.39 is 0 Å². The third-order valence-electron chi connectivity index (χ3n) is 3.28. The van der Waals surface area contributed by atoms with E-state index in [9.17, 15) is 4.79 Å². The van der Waals surface area contributed by atoms with E-state index in [1.54, 1.807) is 0 Å². The van der Waals surface area contributed by atoms with Crippen molar-refractivity contribution in [2.45, 2.75) is 6.92 Å². The van der Waals surface area contributed by atoms with Crippen molar-refractivity contribution >= 4 is 18.0 Å². The molecule has 0 spiro atoms. The molecule has 0 N–H and O–H groups in total. The van der Waals surface area contributed by atoms with Crippen LogP contribution in [0, 0.1) is 0 Å². The van der Waals surface area contributed by atoms with Gasteiger partial charge in [0.1, 0.15) is 19.3 Å². The molecule has 0 aliphatic carbocycles. The van der Waals surface area contributed by atoms with Crippen LogP contribution in [0.1, 0.15) is 6.92 Å². The number of ether oxygens (including phenoxy) is 2. The molecule has 0 amide bonds. The molecule has 1 atom stereocenters. The molecule has 0 fully saturated rings. The van der Waals surface area contributed by atoms with E-state index in [4.69, 9.17) is 9.47 Å². The first-order chi connectivity index (χ1) is 10.2. The van der Waals surface area contributed by atoms with Crippen LogP contribution >= 0.6 is 0 Å². The minimum absolute atomic E-state index is 0.233. The van der Waals surface area contributed by atoms with Gasteiger partial charge in [-0.2, -0.15) is 9.06 Å². The normalized spacial score (nSPS) is 20.4. The van der Waals surface area contributed by atoms with Crippen molar-refractivity contribution in [3.05, 3.63) is 42.7 Å². The number of carbonyl (C=O) groups is 1. The number of quaternary nitrogens is 1. The third-order valence-corrected chi connectivity index (χ3v) is 3.28. The van der Waals surface area contributed by atoms with Crippen LogP contribution in [0.2, 0.25) is 0 Å². The van der Waals surface area contributed by atoms with E-state index in [1.165, 1.54) is 0 Å². The molecule has 1 heterocycles. The Kier molecular flexibility index (Phi) is 5.25. The lowest BCUT2D eigenvalue weighted by atomic mass is 10.2. The molecule has 1 aromatic rings. The van der Waals surface area contributed by atoms with Crippen molar-refractivity contribution in [2.24, 2.45) is 0 Å². The number of benzene rings is 1. The minimum atomic E-state index is -0.241. The fraction of sp³-hybridized carbons (Fsp3) is 0.375. The van der Waals surface area contributed by atoms with Gasteiger partial charge in [-0.25, -0.2) is 4.79 Å². The molecular weight excluding hydrogens is 268 g/mol. The van der Waals surface area contributed by atoms with Gasteiger partial charge in [0, 0.05) is 18.7 Å². The Morgan fingerprint density at radius 2 is 2.00 bits per heavy atom. The summed E-state index contributed by atoms with van der Waals surface area (Å²) in [6.45, 7) is 3.51. The maximum atomic E-state index is 12.1. The van der Waals surface area contributed by atoms with Crippen molar-refractivity contribution < 1.29 is 18.8 Å². The molecule has 0 bridgehead atoms. The Labute approximate surface area is 125 Å². The monoisotopic (exact) mass is 290 g/mol. The van der Waals surface area contributed by atoms with Gasteiger partial charge in [0.15, 0.2) is 12.7 Å². The first-order valence-corrected chi connectivity index (χ1v) is 7.10. The maximum absolute atomic E-state index is 12.1. The number of hydrogen-bond acceptors (Lipinski definition) is 3. The first-order valence-electron chi connectivity index (χ1n) is 7.10. The molecule has 0 saturated carbocycles. The van der Waals surface area contributed by atoms with E-state index in [0.717, 1.165) is 5.69 Å². The quantitative estimate of drug-likeness (QED) is 0.332. The topological polar surface area (TPSA) is 38.5 Å². The van der Waals surface area contributed by atoms with Crippen molar-refractivity contribution in [3.63, 3.8) is 0 Å². The third kappa shape index (κ3) is 4.00. The second kappa shape index (κ2) is 7.15. The Morgan fingerprint density at radius 1 is 1.24 bits per heavy atom. The van der Waals surface area contributed by atoms with Crippen LogP contribution in [-0.4, -0.2) is 50.3 Å². The molecule has 1 aliphatic rings. The molecule has 0 radical (unpaired) electrons. The van der Waals surface area contributed by atoms with Gasteiger partial charge in [0.05, 0.1) is 6.61 Å². The highest BCUT2D eigenvalue weighted by atomic mass is 16.6. The van der Waals surface area contributed by atoms with Crippen LogP contribution in [0.25, 0.3) is 0 Å². The molecule has 2 rings (SSSR count). The van der Waals surface area contributed by atoms with E-state index >= 15 is 0 Å². The Balaban J connectivity index is 2.06. The summed E-state index contributed by atoms with van der Waals surface area (Å²) in [6, 6.07) is 9.91. The summed E-state index contributed by atoms with van der Waals surface area (Å²) < 4.78 is 12.7. The predicted octanol–water partition coefficient (Wildman–Crippen LogP) is 1.73. The van der Waals surface area contributed by atoms with E-state index in [-0.39, 0.29) is 12.5 Å². The first kappa shape index (κ1) is 15.4. The predicted molar refractivity (Wildman–Crippen MR) is 81.9 cm³/mol. The summed E-state index contributed by atoms with van der Waals surface area (Å²) in [5.74, 6) is -0.241. The average Bonchev–Trinajstić information content (AvgIpc) is 2.87. The fourth-order valence-electron chi connectivity index (χ4n) is 2.29. The van der Waals surface area contributed by atoms with Crippen LogP contribution in [0.15, 0.2) is 42.7 Å². The molecule has 1 aromatic carbocycles. The highest BCUT2D eigenvalue weighted by molar-refractivity contribution is 5.84. The zero-order valence-corrected chi connectivity index (χ0v) is 12.6. The zero-order chi connectivity index (χ0) is 15.1. The molecule has 21 heavy (non-hydrogen) atoms. The average molecular weight is 290 g/mol. The zero-order valence-electron chi connectivity index (χ0n) is 12.6. The van der Waals surface area contributed by atoms with Gasteiger partial charge in [-0.3, -0.25) is 0 Å². The second-order valence-corrected chi connectivity index (χ2v) is 4.92. The summed E-state index contributed by atoms with van der Waals surface area (Å²) in [5.41, 5.74) is 1.03. The van der Waals surface area contributed by atoms with Gasteiger partial charge >= 0.3 is 12.3 Å². The smallest absolute Gasteiger partial charge is 0.363 e. The lowest BCUT2D eigenvalue weighted by Gasteiger charge is -2.22. The molecule has 5 heteroatoms. The van der Waals surface area contributed by atoms with Gasteiger partial charge in [-0.1, -0.05) is 18.2 Å². The van der Waals surface area contributed by atoms with Gasteiger partial charge in [0.25, 0.3) is 0 Å². The summed E-state index contributed by atoms with van der Waals surface area (Å²) >= 11 is 0. The maximum Gasteiger partial charge on any atom is 0.363 e. The number of rotatable bonds is 7. The van der Waals surface area contributed by atoms with E-state index in [0.29, 0.717) is 24.3 Å². The van der Waals surface area contributed by atoms with Crippen LogP contribution in [-0.2, 0) is 14.3 Å². The van der Waals surface area contributed by atoms with E-state index in [1.807, 2.05) is 67.6 Å². The number of hydrogen-bond donors (Lipinski definition) is 0. The van der Waals surface area contributed by atoms with Crippen LogP contribution in [0.4, 0.5) is 5.69 Å². The van der Waals surface area contributed by atoms with Crippen LogP contribution in [0.5, 0.6) is 0 Å². The summed E-state index contributed by atoms with van der Waals surface area (Å²) in [6.07, 6.45) is 5.92. The van der Waals surface area contributed by atoms with Crippen molar-refractivity contribution in [1.29, 1.82) is 0 Å². The number of para-hydroxylation sites is 1. The molecule has 1 aliphatic heterocycles. The molecular formula is C16H22N2O3+2. The van der Waals surface area contributed by atoms with Crippen molar-refractivity contribution in [2.75, 3.05) is 33.4 Å². The lowest BCUT2D eigenvalue weighted by molar-refractivity contribution is -0.415. The SMILES string of the molecule is CCOCCOC(=O)C[N@@+]1(c2ccccc2)C=C[N+](C)=C1. The van der Waals surface area contributed by atoms with Crippen molar-refractivity contribution in [1.82, 2.24) is 4.48 Å². The Hall–Kier alpha value is -1.98. The Bertz CT molecular complexity index is 540. The number of carbonyl (C=O) groups excluding carboxylic acids is 1. The Morgan fingerprint density at radius 3 is 2.62 bits per heavy atom. The number of nitrogens with zero attached hydrogens (tertiary/aromatic N) is 2. The van der Waals surface area contributed by atoms with Crippen LogP contribution in [0.3, 0.4) is 0 Å². The van der Waals surface area contributed by atoms with Gasteiger partial charge < -0.3 is 9.47 Å². The molecule has 112 valence electrons. The fourth-order valence-corrected chi connectivity index (χ4v) is 2.29. The lowest BCUT2D eigenvalue weighted by Crippen LogP contribution is -2.46. The van der Waals surface area contributed by atoms with E-state index in [2.05, 4.69) is 0 Å². The molecule has 0 unspecified atom stereocenters. The van der Waals surface area contributed by atoms with Gasteiger partial charge in [-0.15, -0.1) is 0 Å². The van der Waals surface area contributed by atoms with Crippen molar-refractivity contribution in [3.8, 4) is 0 Å². The largest absolute Gasteiger partial charge is 0.459 e. The summed E-state index contributed by atoms with van der Waals surface area (Å²) in [7, 11) is 1.94. The summed E-state index contributed by atoms with van der Waals surface area (Å²) in [4.78, 5) is 12.1. The summed E-state index contributed by atoms with van der Waals surface area (Å²) in [5, 5.41) is 0.